The number of aryl methyl sites for hydroxylation is 1. The van der Waals surface area contributed by atoms with Crippen molar-refractivity contribution >= 4 is 33.8 Å². The van der Waals surface area contributed by atoms with Gasteiger partial charge in [0.2, 0.25) is 0 Å². The van der Waals surface area contributed by atoms with Gasteiger partial charge in [0, 0.05) is 6.21 Å². The standard InChI is InChI=1S/C18H18BrNO4/c1-3-23-16-9-13(8-15(19)18(16)24-11-17(21)22)10-20-14-6-4-12(2)5-7-14/h4-10H,3,11H2,1-2H3,(H,21,22). The van der Waals surface area contributed by atoms with Crippen LogP contribution in [0, 0.1) is 6.92 Å². The predicted octanol–water partition coefficient (Wildman–Crippen LogP) is 4.37. The van der Waals surface area contributed by atoms with Crippen molar-refractivity contribution in [2.75, 3.05) is 13.2 Å². The molecule has 0 atom stereocenters. The van der Waals surface area contributed by atoms with Gasteiger partial charge in [-0.25, -0.2) is 4.79 Å². The van der Waals surface area contributed by atoms with Crippen LogP contribution in [0.15, 0.2) is 45.9 Å². The van der Waals surface area contributed by atoms with Crippen molar-refractivity contribution in [1.29, 1.82) is 0 Å². The van der Waals surface area contributed by atoms with Crippen LogP contribution in [-0.4, -0.2) is 30.5 Å². The average molecular weight is 392 g/mol. The van der Waals surface area contributed by atoms with E-state index in [4.69, 9.17) is 14.6 Å². The highest BCUT2D eigenvalue weighted by molar-refractivity contribution is 9.10. The molecule has 0 aliphatic carbocycles. The minimum Gasteiger partial charge on any atom is -0.490 e. The van der Waals surface area contributed by atoms with E-state index >= 15 is 0 Å². The van der Waals surface area contributed by atoms with Gasteiger partial charge in [-0.05, 0) is 59.6 Å². The molecule has 1 N–H and O–H groups in total. The Bertz CT molecular complexity index is 741. The van der Waals surface area contributed by atoms with E-state index in [0.29, 0.717) is 22.6 Å². The largest absolute Gasteiger partial charge is 0.490 e. The van der Waals surface area contributed by atoms with Gasteiger partial charge in [0.25, 0.3) is 0 Å². The van der Waals surface area contributed by atoms with Gasteiger partial charge in [-0.3, -0.25) is 4.99 Å². The zero-order chi connectivity index (χ0) is 17.5. The second-order valence-corrected chi connectivity index (χ2v) is 5.89. The molecule has 0 aliphatic heterocycles. The summed E-state index contributed by atoms with van der Waals surface area (Å²) >= 11 is 3.39. The predicted molar refractivity (Wildman–Crippen MR) is 96.9 cm³/mol. The molecule has 0 aromatic heterocycles. The van der Waals surface area contributed by atoms with Crippen LogP contribution in [0.3, 0.4) is 0 Å². The summed E-state index contributed by atoms with van der Waals surface area (Å²) in [6.45, 7) is 3.88. The van der Waals surface area contributed by atoms with Gasteiger partial charge in [0.15, 0.2) is 18.1 Å². The molecule has 0 aliphatic rings. The zero-order valence-corrected chi connectivity index (χ0v) is 15.0. The third kappa shape index (κ3) is 5.09. The van der Waals surface area contributed by atoms with Gasteiger partial charge in [0.05, 0.1) is 16.8 Å². The molecule has 5 nitrogen and oxygen atoms in total. The molecule has 0 fully saturated rings. The first-order valence-electron chi connectivity index (χ1n) is 7.41. The number of ether oxygens (including phenoxy) is 2. The fourth-order valence-electron chi connectivity index (χ4n) is 1.98. The van der Waals surface area contributed by atoms with Crippen LogP contribution in [0.1, 0.15) is 18.1 Å². The molecule has 0 spiro atoms. The number of hydrogen-bond acceptors (Lipinski definition) is 4. The molecule has 0 radical (unpaired) electrons. The van der Waals surface area contributed by atoms with Crippen molar-refractivity contribution in [2.24, 2.45) is 4.99 Å². The molecule has 0 amide bonds. The Kier molecular flexibility index (Phi) is 6.37. The van der Waals surface area contributed by atoms with Crippen LogP contribution in [0.2, 0.25) is 0 Å². The number of rotatable bonds is 7. The summed E-state index contributed by atoms with van der Waals surface area (Å²) in [4.78, 5) is 15.1. The van der Waals surface area contributed by atoms with Crippen molar-refractivity contribution in [2.45, 2.75) is 13.8 Å². The first-order valence-corrected chi connectivity index (χ1v) is 8.20. The number of carboxylic acid groups (broad SMARTS) is 1. The second kappa shape index (κ2) is 8.49. The maximum atomic E-state index is 10.7. The third-order valence-corrected chi connectivity index (χ3v) is 3.66. The van der Waals surface area contributed by atoms with Crippen molar-refractivity contribution in [1.82, 2.24) is 0 Å². The fourth-order valence-corrected chi connectivity index (χ4v) is 2.55. The van der Waals surface area contributed by atoms with E-state index < -0.39 is 12.6 Å². The number of benzene rings is 2. The van der Waals surface area contributed by atoms with Gasteiger partial charge in [-0.15, -0.1) is 0 Å². The second-order valence-electron chi connectivity index (χ2n) is 5.04. The van der Waals surface area contributed by atoms with Crippen LogP contribution < -0.4 is 9.47 Å². The topological polar surface area (TPSA) is 68.1 Å². The van der Waals surface area contributed by atoms with Crippen molar-refractivity contribution in [3.8, 4) is 11.5 Å². The SMILES string of the molecule is CCOc1cc(C=Nc2ccc(C)cc2)cc(Br)c1OCC(=O)O. The number of aliphatic carboxylic acids is 1. The lowest BCUT2D eigenvalue weighted by Crippen LogP contribution is -2.11. The lowest BCUT2D eigenvalue weighted by molar-refractivity contribution is -0.139. The lowest BCUT2D eigenvalue weighted by Gasteiger charge is -2.13. The third-order valence-electron chi connectivity index (χ3n) is 3.07. The maximum absolute atomic E-state index is 10.7. The van der Waals surface area contributed by atoms with Crippen LogP contribution >= 0.6 is 15.9 Å². The van der Waals surface area contributed by atoms with Crippen molar-refractivity contribution < 1.29 is 19.4 Å². The van der Waals surface area contributed by atoms with Crippen LogP contribution in [-0.2, 0) is 4.79 Å². The molecule has 126 valence electrons. The monoisotopic (exact) mass is 391 g/mol. The van der Waals surface area contributed by atoms with Gasteiger partial charge in [-0.1, -0.05) is 17.7 Å². The summed E-state index contributed by atoms with van der Waals surface area (Å²) in [6, 6.07) is 11.4. The summed E-state index contributed by atoms with van der Waals surface area (Å²) in [5.74, 6) is -0.209. The minimum absolute atomic E-state index is 0.367. The normalized spacial score (nSPS) is 10.8. The van der Waals surface area contributed by atoms with E-state index in [1.54, 1.807) is 18.3 Å². The number of carbonyl (C=O) groups is 1. The van der Waals surface area contributed by atoms with E-state index in [1.165, 1.54) is 5.56 Å². The number of carboxylic acids is 1. The maximum Gasteiger partial charge on any atom is 0.341 e. The molecule has 2 rings (SSSR count). The Balaban J connectivity index is 2.27. The Morgan fingerprint density at radius 3 is 2.58 bits per heavy atom. The Labute approximate surface area is 149 Å². The molecule has 0 saturated heterocycles. The number of nitrogens with zero attached hydrogens (tertiary/aromatic N) is 1. The first kappa shape index (κ1) is 18.0. The van der Waals surface area contributed by atoms with E-state index in [9.17, 15) is 4.79 Å². The molecular formula is C18H18BrNO4. The van der Waals surface area contributed by atoms with Gasteiger partial charge >= 0.3 is 5.97 Å². The lowest BCUT2D eigenvalue weighted by atomic mass is 10.2. The molecule has 2 aromatic rings. The van der Waals surface area contributed by atoms with Gasteiger partial charge in [0.1, 0.15) is 0 Å². The van der Waals surface area contributed by atoms with Crippen molar-refractivity contribution in [3.63, 3.8) is 0 Å². The van der Waals surface area contributed by atoms with E-state index in [0.717, 1.165) is 11.3 Å². The van der Waals surface area contributed by atoms with Crippen LogP contribution in [0.4, 0.5) is 5.69 Å². The van der Waals surface area contributed by atoms with Gasteiger partial charge in [-0.2, -0.15) is 0 Å². The molecular weight excluding hydrogens is 374 g/mol. The van der Waals surface area contributed by atoms with E-state index in [-0.39, 0.29) is 0 Å². The summed E-state index contributed by atoms with van der Waals surface area (Å²) < 4.78 is 11.5. The molecule has 0 unspecified atom stereocenters. The minimum atomic E-state index is -1.05. The number of hydrogen-bond donors (Lipinski definition) is 1. The molecule has 2 aromatic carbocycles. The van der Waals surface area contributed by atoms with Crippen molar-refractivity contribution in [3.05, 3.63) is 52.0 Å². The summed E-state index contributed by atoms with van der Waals surface area (Å²) in [5, 5.41) is 8.77. The Morgan fingerprint density at radius 2 is 1.96 bits per heavy atom. The summed E-state index contributed by atoms with van der Waals surface area (Å²) in [6.07, 6.45) is 1.72. The summed E-state index contributed by atoms with van der Waals surface area (Å²) in [5.41, 5.74) is 2.84. The molecule has 0 bridgehead atoms. The molecule has 6 heteroatoms. The highest BCUT2D eigenvalue weighted by Crippen LogP contribution is 2.36. The van der Waals surface area contributed by atoms with E-state index in [1.807, 2.05) is 38.1 Å². The van der Waals surface area contributed by atoms with Crippen LogP contribution in [0.5, 0.6) is 11.5 Å². The van der Waals surface area contributed by atoms with Crippen LogP contribution in [0.25, 0.3) is 0 Å². The molecule has 0 heterocycles. The smallest absolute Gasteiger partial charge is 0.341 e. The number of aliphatic imine (C=N–C) groups is 1. The van der Waals surface area contributed by atoms with E-state index in [2.05, 4.69) is 20.9 Å². The highest BCUT2D eigenvalue weighted by Gasteiger charge is 2.13. The Hall–Kier alpha value is -2.34. The number of halogens is 1. The quantitative estimate of drug-likeness (QED) is 0.711. The zero-order valence-electron chi connectivity index (χ0n) is 13.5. The summed E-state index contributed by atoms with van der Waals surface area (Å²) in [7, 11) is 0. The fraction of sp³-hybridized carbons (Fsp3) is 0.222. The molecule has 0 saturated carbocycles. The van der Waals surface area contributed by atoms with Gasteiger partial charge < -0.3 is 14.6 Å². The Morgan fingerprint density at radius 1 is 1.25 bits per heavy atom. The molecule has 24 heavy (non-hydrogen) atoms. The average Bonchev–Trinajstić information content (AvgIpc) is 2.53. The first-order chi connectivity index (χ1) is 11.5. The highest BCUT2D eigenvalue weighted by atomic mass is 79.9.